The van der Waals surface area contributed by atoms with Crippen molar-refractivity contribution in [3.05, 3.63) is 52.9 Å². The van der Waals surface area contributed by atoms with E-state index in [0.717, 1.165) is 22.2 Å². The van der Waals surface area contributed by atoms with Gasteiger partial charge in [-0.2, -0.15) is 13.2 Å². The van der Waals surface area contributed by atoms with Crippen molar-refractivity contribution in [2.24, 2.45) is 0 Å². The second-order valence-electron chi connectivity index (χ2n) is 7.65. The third-order valence-corrected chi connectivity index (χ3v) is 5.46. The quantitative estimate of drug-likeness (QED) is 0.737. The van der Waals surface area contributed by atoms with Gasteiger partial charge in [0.05, 0.1) is 11.3 Å². The average Bonchev–Trinajstić information content (AvgIpc) is 3.29. The summed E-state index contributed by atoms with van der Waals surface area (Å²) in [5.41, 5.74) is 0.505. The van der Waals surface area contributed by atoms with Gasteiger partial charge in [0.25, 0.3) is 11.8 Å². The number of aromatic nitrogens is 2. The van der Waals surface area contributed by atoms with E-state index in [1.165, 1.54) is 14.0 Å². The number of halogens is 3. The van der Waals surface area contributed by atoms with Crippen LogP contribution in [-0.2, 0) is 22.2 Å². The van der Waals surface area contributed by atoms with Gasteiger partial charge >= 0.3 is 6.18 Å². The van der Waals surface area contributed by atoms with Crippen molar-refractivity contribution in [1.29, 1.82) is 0 Å². The first-order valence-electron chi connectivity index (χ1n) is 9.68. The summed E-state index contributed by atoms with van der Waals surface area (Å²) in [5.74, 6) is -2.22. The van der Waals surface area contributed by atoms with Crippen molar-refractivity contribution in [2.45, 2.75) is 37.8 Å². The SMILES string of the molecule is Cc1cc(C(F)(F)F)cc(N2C(=O)[C@@H](O)[C@@H](O)[C@H]2C(=O)N(C)c2ccc3c(n2)CC=C3)n1. The van der Waals surface area contributed by atoms with Crippen LogP contribution in [0.1, 0.15) is 22.5 Å². The fourth-order valence-electron chi connectivity index (χ4n) is 3.81. The number of allylic oxidation sites excluding steroid dienone is 1. The topological polar surface area (TPSA) is 107 Å². The molecule has 168 valence electrons. The normalized spacial score (nSPS) is 22.4. The lowest BCUT2D eigenvalue weighted by molar-refractivity contribution is -0.137. The highest BCUT2D eigenvalue weighted by molar-refractivity contribution is 6.10. The van der Waals surface area contributed by atoms with Crippen molar-refractivity contribution in [3.63, 3.8) is 0 Å². The van der Waals surface area contributed by atoms with Gasteiger partial charge in [0, 0.05) is 19.2 Å². The average molecular weight is 448 g/mol. The molecule has 3 atom stereocenters. The van der Waals surface area contributed by atoms with Gasteiger partial charge in [-0.3, -0.25) is 19.4 Å². The predicted molar refractivity (Wildman–Crippen MR) is 108 cm³/mol. The van der Waals surface area contributed by atoms with Gasteiger partial charge in [-0.1, -0.05) is 12.2 Å². The highest BCUT2D eigenvalue weighted by Gasteiger charge is 2.52. The molecule has 2 amide bonds. The first-order valence-corrected chi connectivity index (χ1v) is 9.68. The molecule has 1 aliphatic heterocycles. The summed E-state index contributed by atoms with van der Waals surface area (Å²) in [6.07, 6.45) is -4.22. The van der Waals surface area contributed by atoms with Gasteiger partial charge in [0.2, 0.25) is 0 Å². The minimum Gasteiger partial charge on any atom is -0.387 e. The number of rotatable bonds is 3. The number of aryl methyl sites for hydroxylation is 1. The number of nitrogens with zero attached hydrogens (tertiary/aromatic N) is 4. The summed E-state index contributed by atoms with van der Waals surface area (Å²) >= 11 is 0. The second-order valence-corrected chi connectivity index (χ2v) is 7.65. The molecule has 0 aromatic carbocycles. The fraction of sp³-hybridized carbons (Fsp3) is 0.333. The summed E-state index contributed by atoms with van der Waals surface area (Å²) in [5, 5.41) is 20.5. The molecule has 4 rings (SSSR count). The van der Waals surface area contributed by atoms with E-state index in [1.54, 1.807) is 12.1 Å². The first-order chi connectivity index (χ1) is 15.0. The zero-order chi connectivity index (χ0) is 23.4. The predicted octanol–water partition coefficient (Wildman–Crippen LogP) is 1.47. The summed E-state index contributed by atoms with van der Waals surface area (Å²) in [6.45, 7) is 1.30. The number of pyridine rings is 2. The van der Waals surface area contributed by atoms with Gasteiger partial charge in [-0.15, -0.1) is 0 Å². The maximum Gasteiger partial charge on any atom is 0.416 e. The summed E-state index contributed by atoms with van der Waals surface area (Å²) in [4.78, 5) is 35.9. The Hall–Kier alpha value is -3.31. The van der Waals surface area contributed by atoms with Crippen LogP contribution in [0, 0.1) is 6.92 Å². The summed E-state index contributed by atoms with van der Waals surface area (Å²) in [6, 6.07) is 3.04. The number of carbonyl (C=O) groups excluding carboxylic acids is 2. The van der Waals surface area contributed by atoms with E-state index in [0.29, 0.717) is 17.4 Å². The Kier molecular flexibility index (Phi) is 5.25. The van der Waals surface area contributed by atoms with Crippen LogP contribution in [0.15, 0.2) is 30.3 Å². The molecule has 2 aliphatic rings. The van der Waals surface area contributed by atoms with E-state index in [4.69, 9.17) is 0 Å². The maximum absolute atomic E-state index is 13.3. The maximum atomic E-state index is 13.3. The largest absolute Gasteiger partial charge is 0.416 e. The van der Waals surface area contributed by atoms with Gasteiger partial charge < -0.3 is 10.2 Å². The van der Waals surface area contributed by atoms with Crippen LogP contribution in [0.5, 0.6) is 0 Å². The number of fused-ring (bicyclic) bond motifs is 1. The number of hydrogen-bond acceptors (Lipinski definition) is 6. The van der Waals surface area contributed by atoms with Crippen LogP contribution in [0.25, 0.3) is 6.08 Å². The molecular weight excluding hydrogens is 429 g/mol. The number of aliphatic hydroxyl groups excluding tert-OH is 2. The molecule has 1 saturated heterocycles. The highest BCUT2D eigenvalue weighted by atomic mass is 19.4. The second kappa shape index (κ2) is 7.68. The minimum atomic E-state index is -4.72. The lowest BCUT2D eigenvalue weighted by Crippen LogP contribution is -2.50. The number of carbonyl (C=O) groups is 2. The molecule has 32 heavy (non-hydrogen) atoms. The molecule has 1 fully saturated rings. The van der Waals surface area contributed by atoms with Crippen LogP contribution in [0.4, 0.5) is 24.8 Å². The molecule has 0 spiro atoms. The third kappa shape index (κ3) is 3.63. The van der Waals surface area contributed by atoms with Gasteiger partial charge in [0.15, 0.2) is 6.10 Å². The van der Waals surface area contributed by atoms with Crippen LogP contribution in [0.2, 0.25) is 0 Å². The van der Waals surface area contributed by atoms with Gasteiger partial charge in [-0.25, -0.2) is 9.97 Å². The van der Waals surface area contributed by atoms with Crippen LogP contribution in [-0.4, -0.2) is 57.3 Å². The molecule has 0 saturated carbocycles. The molecule has 8 nitrogen and oxygen atoms in total. The van der Waals surface area contributed by atoms with Gasteiger partial charge in [-0.05, 0) is 36.8 Å². The van der Waals surface area contributed by atoms with E-state index >= 15 is 0 Å². The molecule has 11 heteroatoms. The van der Waals surface area contributed by atoms with Crippen molar-refractivity contribution >= 4 is 29.5 Å². The van der Waals surface area contributed by atoms with Crippen molar-refractivity contribution in [2.75, 3.05) is 16.8 Å². The molecule has 0 bridgehead atoms. The Balaban J connectivity index is 1.72. The number of aliphatic hydroxyl groups is 2. The van der Waals surface area contributed by atoms with Crippen LogP contribution >= 0.6 is 0 Å². The lowest BCUT2D eigenvalue weighted by Gasteiger charge is -2.28. The number of amides is 2. The number of alkyl halides is 3. The molecule has 2 N–H and O–H groups in total. The Morgan fingerprint density at radius 2 is 1.94 bits per heavy atom. The Labute approximate surface area is 180 Å². The fourth-order valence-corrected chi connectivity index (χ4v) is 3.81. The molecule has 2 aromatic rings. The highest BCUT2D eigenvalue weighted by Crippen LogP contribution is 2.35. The summed E-state index contributed by atoms with van der Waals surface area (Å²) < 4.78 is 39.8. The Bertz CT molecular complexity index is 1130. The smallest absolute Gasteiger partial charge is 0.387 e. The lowest BCUT2D eigenvalue weighted by atomic mass is 10.1. The number of hydrogen-bond donors (Lipinski definition) is 2. The Morgan fingerprint density at radius 1 is 1.22 bits per heavy atom. The zero-order valence-electron chi connectivity index (χ0n) is 17.0. The third-order valence-electron chi connectivity index (χ3n) is 5.46. The first kappa shape index (κ1) is 21.9. The van der Waals surface area contributed by atoms with Crippen molar-refractivity contribution in [1.82, 2.24) is 9.97 Å². The van der Waals surface area contributed by atoms with Gasteiger partial charge in [0.1, 0.15) is 23.8 Å². The molecule has 1 aliphatic carbocycles. The molecule has 0 radical (unpaired) electrons. The van der Waals surface area contributed by atoms with Crippen molar-refractivity contribution in [3.8, 4) is 0 Å². The molecule has 3 heterocycles. The zero-order valence-corrected chi connectivity index (χ0v) is 17.0. The standard InChI is InChI=1S/C21H19F3N4O4/c1-10-8-12(21(22,23)24)9-15(25-10)28-16(17(29)18(30)20(28)32)19(31)27(2)14-7-6-11-4-3-5-13(11)26-14/h3-4,6-9,16-18,29-30H,5H2,1-2H3/t16-,17-,18-/m0/s1. The van der Waals surface area contributed by atoms with Crippen LogP contribution in [0.3, 0.4) is 0 Å². The number of anilines is 2. The summed E-state index contributed by atoms with van der Waals surface area (Å²) in [7, 11) is 1.37. The minimum absolute atomic E-state index is 0.0501. The number of likely N-dealkylation sites (N-methyl/N-ethyl adjacent to an activating group) is 1. The van der Waals surface area contributed by atoms with E-state index in [2.05, 4.69) is 9.97 Å². The van der Waals surface area contributed by atoms with Crippen LogP contribution < -0.4 is 9.80 Å². The van der Waals surface area contributed by atoms with E-state index < -0.39 is 47.6 Å². The monoisotopic (exact) mass is 448 g/mol. The van der Waals surface area contributed by atoms with Crippen molar-refractivity contribution < 1.29 is 33.0 Å². The Morgan fingerprint density at radius 3 is 2.62 bits per heavy atom. The molecule has 2 aromatic heterocycles. The van der Waals surface area contributed by atoms with E-state index in [9.17, 15) is 33.0 Å². The van der Waals surface area contributed by atoms with E-state index in [1.807, 2.05) is 12.2 Å². The molecule has 0 unspecified atom stereocenters. The van der Waals surface area contributed by atoms with E-state index in [-0.39, 0.29) is 11.5 Å². The molecular formula is C21H19F3N4O4.